The Morgan fingerprint density at radius 3 is 2.50 bits per heavy atom. The minimum absolute atomic E-state index is 0.0267. The number of aromatic carboxylic acids is 1. The van der Waals surface area contributed by atoms with E-state index in [1.807, 2.05) is 0 Å². The van der Waals surface area contributed by atoms with Crippen molar-refractivity contribution < 1.29 is 19.4 Å². The van der Waals surface area contributed by atoms with Crippen LogP contribution in [-0.4, -0.2) is 29.1 Å². The van der Waals surface area contributed by atoms with E-state index in [9.17, 15) is 9.59 Å². The van der Waals surface area contributed by atoms with Gasteiger partial charge in [-0.2, -0.15) is 0 Å². The van der Waals surface area contributed by atoms with Crippen LogP contribution >= 0.6 is 31.9 Å². The molecule has 1 heterocycles. The smallest absolute Gasteiger partial charge is 0.357 e. The summed E-state index contributed by atoms with van der Waals surface area (Å²) in [7, 11) is 1.21. The largest absolute Gasteiger partial charge is 0.477 e. The lowest BCUT2D eigenvalue weighted by Gasteiger charge is -2.08. The van der Waals surface area contributed by atoms with E-state index in [1.165, 1.54) is 19.2 Å². The quantitative estimate of drug-likeness (QED) is 0.667. The number of aromatic nitrogens is 1. The Bertz CT molecular complexity index is 434. The summed E-state index contributed by atoms with van der Waals surface area (Å²) in [6.45, 7) is 0. The summed E-state index contributed by atoms with van der Waals surface area (Å²) in [5.41, 5.74) is 0.280. The average molecular weight is 353 g/mol. The normalized spacial score (nSPS) is 10.2. The van der Waals surface area contributed by atoms with Crippen molar-refractivity contribution in [2.45, 2.75) is 3.74 Å². The van der Waals surface area contributed by atoms with E-state index >= 15 is 0 Å². The predicted octanol–water partition coefficient (Wildman–Crippen LogP) is 2.35. The highest BCUT2D eigenvalue weighted by molar-refractivity contribution is 9.24. The van der Waals surface area contributed by atoms with Crippen LogP contribution in [0.2, 0.25) is 0 Å². The highest BCUT2D eigenvalue weighted by atomic mass is 79.9. The van der Waals surface area contributed by atoms with Gasteiger partial charge in [-0.25, -0.2) is 14.6 Å². The van der Waals surface area contributed by atoms with Crippen LogP contribution < -0.4 is 0 Å². The first-order valence-corrected chi connectivity index (χ1v) is 5.91. The van der Waals surface area contributed by atoms with E-state index in [-0.39, 0.29) is 15.1 Å². The number of hydrogen-bond donors (Lipinski definition) is 1. The van der Waals surface area contributed by atoms with Crippen LogP contribution in [-0.2, 0) is 4.74 Å². The number of ether oxygens (including phenoxy) is 1. The molecule has 1 aromatic heterocycles. The number of carbonyl (C=O) groups is 2. The third-order valence-electron chi connectivity index (χ3n) is 1.76. The van der Waals surface area contributed by atoms with E-state index in [1.54, 1.807) is 0 Å². The van der Waals surface area contributed by atoms with Gasteiger partial charge in [0.1, 0.15) is 5.69 Å². The Labute approximate surface area is 108 Å². The Morgan fingerprint density at radius 1 is 1.44 bits per heavy atom. The number of carbonyl (C=O) groups excluding carboxylic acids is 1. The summed E-state index contributed by atoms with van der Waals surface area (Å²) in [6, 6.07) is 2.82. The Kier molecular flexibility index (Phi) is 4.43. The second-order valence-electron chi connectivity index (χ2n) is 2.73. The van der Waals surface area contributed by atoms with E-state index in [0.29, 0.717) is 5.56 Å². The van der Waals surface area contributed by atoms with E-state index in [2.05, 4.69) is 41.6 Å². The molecule has 0 radical (unpaired) electrons. The number of pyridine rings is 1. The molecule has 0 aliphatic heterocycles. The van der Waals surface area contributed by atoms with Gasteiger partial charge in [0.2, 0.25) is 0 Å². The molecule has 5 nitrogen and oxygen atoms in total. The summed E-state index contributed by atoms with van der Waals surface area (Å²) in [4.78, 5) is 25.8. The minimum Gasteiger partial charge on any atom is -0.477 e. The molecule has 0 aromatic carbocycles. The van der Waals surface area contributed by atoms with Crippen molar-refractivity contribution in [2.75, 3.05) is 7.11 Å². The summed E-state index contributed by atoms with van der Waals surface area (Å²) in [5.74, 6) is -1.88. The van der Waals surface area contributed by atoms with Crippen LogP contribution in [0.5, 0.6) is 0 Å². The van der Waals surface area contributed by atoms with Crippen molar-refractivity contribution in [2.24, 2.45) is 0 Å². The number of nitrogens with zero attached hydrogens (tertiary/aromatic N) is 1. The monoisotopic (exact) mass is 351 g/mol. The van der Waals surface area contributed by atoms with Crippen molar-refractivity contribution in [1.29, 1.82) is 0 Å². The molecule has 0 aliphatic carbocycles. The van der Waals surface area contributed by atoms with Crippen LogP contribution in [0, 0.1) is 0 Å². The summed E-state index contributed by atoms with van der Waals surface area (Å²) >= 11 is 6.43. The third kappa shape index (κ3) is 2.79. The Morgan fingerprint density at radius 2 is 2.06 bits per heavy atom. The van der Waals surface area contributed by atoms with Crippen molar-refractivity contribution >= 4 is 43.8 Å². The van der Waals surface area contributed by atoms with E-state index in [0.717, 1.165) is 0 Å². The maximum Gasteiger partial charge on any atom is 0.357 e. The lowest BCUT2D eigenvalue weighted by atomic mass is 10.2. The fourth-order valence-electron chi connectivity index (χ4n) is 1.03. The van der Waals surface area contributed by atoms with Gasteiger partial charge in [-0.1, -0.05) is 37.9 Å². The standard InChI is InChI=1S/C9H7Br2NO4/c1-16-9(15)6-4(7(10)11)2-3-5(12-6)8(13)14/h2-3,7H,1H3,(H,13,14). The first-order valence-electron chi connectivity index (χ1n) is 4.08. The number of esters is 1. The highest BCUT2D eigenvalue weighted by Crippen LogP contribution is 2.31. The Balaban J connectivity index is 3.32. The number of carboxylic acids is 1. The third-order valence-corrected chi connectivity index (χ3v) is 2.75. The molecule has 0 aliphatic rings. The molecule has 0 atom stereocenters. The number of hydrogen-bond acceptors (Lipinski definition) is 4. The SMILES string of the molecule is COC(=O)c1nc(C(=O)O)ccc1C(Br)Br. The molecule has 0 bridgehead atoms. The first kappa shape index (κ1) is 13.1. The van der Waals surface area contributed by atoms with Crippen LogP contribution in [0.15, 0.2) is 12.1 Å². The fourth-order valence-corrected chi connectivity index (χ4v) is 1.76. The number of rotatable bonds is 3. The zero-order valence-corrected chi connectivity index (χ0v) is 11.3. The van der Waals surface area contributed by atoms with Crippen molar-refractivity contribution in [3.63, 3.8) is 0 Å². The van der Waals surface area contributed by atoms with Gasteiger partial charge in [-0.15, -0.1) is 0 Å². The van der Waals surface area contributed by atoms with Gasteiger partial charge < -0.3 is 9.84 Å². The molecular weight excluding hydrogens is 346 g/mol. The molecule has 0 saturated heterocycles. The molecule has 16 heavy (non-hydrogen) atoms. The van der Waals surface area contributed by atoms with Crippen LogP contribution in [0.3, 0.4) is 0 Å². The Hall–Kier alpha value is -0.950. The maximum atomic E-state index is 11.4. The number of halogens is 2. The van der Waals surface area contributed by atoms with Gasteiger partial charge in [-0.05, 0) is 6.07 Å². The molecule has 0 saturated carbocycles. The molecule has 0 unspecified atom stereocenters. The lowest BCUT2D eigenvalue weighted by Crippen LogP contribution is -2.12. The zero-order valence-electron chi connectivity index (χ0n) is 8.11. The molecule has 1 N–H and O–H groups in total. The van der Waals surface area contributed by atoms with Gasteiger partial charge in [0, 0.05) is 5.56 Å². The van der Waals surface area contributed by atoms with Crippen molar-refractivity contribution in [1.82, 2.24) is 4.98 Å². The molecule has 0 amide bonds. The number of alkyl halides is 2. The molecule has 86 valence electrons. The summed E-state index contributed by atoms with van der Waals surface area (Å²) < 4.78 is 4.22. The van der Waals surface area contributed by atoms with Gasteiger partial charge >= 0.3 is 11.9 Å². The second-order valence-corrected chi connectivity index (χ2v) is 5.79. The molecule has 1 rings (SSSR count). The summed E-state index contributed by atoms with van der Waals surface area (Å²) in [5, 5.41) is 8.76. The summed E-state index contributed by atoms with van der Waals surface area (Å²) in [6.07, 6.45) is 0. The maximum absolute atomic E-state index is 11.4. The molecular formula is C9H7Br2NO4. The number of methoxy groups -OCH3 is 1. The van der Waals surface area contributed by atoms with Crippen LogP contribution in [0.25, 0.3) is 0 Å². The first-order chi connectivity index (χ1) is 7.47. The molecule has 0 fully saturated rings. The second kappa shape index (κ2) is 5.40. The van der Waals surface area contributed by atoms with Crippen LogP contribution in [0.1, 0.15) is 30.3 Å². The van der Waals surface area contributed by atoms with E-state index < -0.39 is 11.9 Å². The van der Waals surface area contributed by atoms with Crippen molar-refractivity contribution in [3.05, 3.63) is 29.1 Å². The van der Waals surface area contributed by atoms with Gasteiger partial charge in [0.15, 0.2) is 5.69 Å². The van der Waals surface area contributed by atoms with Crippen LogP contribution in [0.4, 0.5) is 0 Å². The van der Waals surface area contributed by atoms with E-state index in [4.69, 9.17) is 5.11 Å². The number of carboxylic acid groups (broad SMARTS) is 1. The lowest BCUT2D eigenvalue weighted by molar-refractivity contribution is 0.0592. The zero-order chi connectivity index (χ0) is 12.3. The van der Waals surface area contributed by atoms with Gasteiger partial charge in [0.05, 0.1) is 10.8 Å². The topological polar surface area (TPSA) is 76.5 Å². The molecule has 7 heteroatoms. The minimum atomic E-state index is -1.20. The molecule has 0 spiro atoms. The fraction of sp³-hybridized carbons (Fsp3) is 0.222. The highest BCUT2D eigenvalue weighted by Gasteiger charge is 2.20. The van der Waals surface area contributed by atoms with Gasteiger partial charge in [0.25, 0.3) is 0 Å². The molecule has 1 aromatic rings. The predicted molar refractivity (Wildman–Crippen MR) is 63.1 cm³/mol. The van der Waals surface area contributed by atoms with Gasteiger partial charge in [-0.3, -0.25) is 0 Å². The van der Waals surface area contributed by atoms with Crippen molar-refractivity contribution in [3.8, 4) is 0 Å². The average Bonchev–Trinajstić information content (AvgIpc) is 2.26.